The second-order valence-electron chi connectivity index (χ2n) is 5.54. The van der Waals surface area contributed by atoms with Gasteiger partial charge in [-0.3, -0.25) is 4.79 Å². The smallest absolute Gasteiger partial charge is 0.161 e. The quantitative estimate of drug-likeness (QED) is 0.768. The van der Waals surface area contributed by atoms with Crippen LogP contribution in [-0.4, -0.2) is 31.1 Å². The van der Waals surface area contributed by atoms with E-state index in [1.807, 2.05) is 0 Å². The molecule has 3 nitrogen and oxygen atoms in total. The molecule has 0 N–H and O–H groups in total. The van der Waals surface area contributed by atoms with Gasteiger partial charge in [0, 0.05) is 24.3 Å². The fourth-order valence-corrected chi connectivity index (χ4v) is 3.02. The lowest BCUT2D eigenvalue weighted by Gasteiger charge is -2.35. The molecule has 2 atom stereocenters. The Labute approximate surface area is 112 Å². The van der Waals surface area contributed by atoms with Crippen LogP contribution in [0.3, 0.4) is 0 Å². The number of hydrogen-bond acceptors (Lipinski definition) is 3. The first kappa shape index (κ1) is 12.6. The number of nitrogens with zero attached hydrogens (tertiary/aromatic N) is 1. The van der Waals surface area contributed by atoms with E-state index in [9.17, 15) is 9.18 Å². The molecule has 2 heterocycles. The van der Waals surface area contributed by atoms with E-state index in [0.717, 1.165) is 31.6 Å². The number of morpholine rings is 1. The molecule has 2 unspecified atom stereocenters. The number of hydrogen-bond donors (Lipinski definition) is 0. The molecule has 3 rings (SSSR count). The van der Waals surface area contributed by atoms with E-state index in [2.05, 4.69) is 4.90 Å². The maximum atomic E-state index is 13.7. The number of anilines is 1. The van der Waals surface area contributed by atoms with Gasteiger partial charge in [0.25, 0.3) is 0 Å². The van der Waals surface area contributed by atoms with Gasteiger partial charge in [-0.25, -0.2) is 4.39 Å². The minimum atomic E-state index is -0.315. The van der Waals surface area contributed by atoms with Gasteiger partial charge in [-0.1, -0.05) is 0 Å². The van der Waals surface area contributed by atoms with Gasteiger partial charge in [-0.05, 0) is 44.4 Å². The number of ether oxygens (including phenoxy) is 1. The van der Waals surface area contributed by atoms with Gasteiger partial charge in [0.1, 0.15) is 5.82 Å². The van der Waals surface area contributed by atoms with Crippen LogP contribution in [0.15, 0.2) is 12.1 Å². The number of ketones is 1. The summed E-state index contributed by atoms with van der Waals surface area (Å²) in [5.74, 6) is -0.405. The Morgan fingerprint density at radius 3 is 2.53 bits per heavy atom. The van der Waals surface area contributed by atoms with Crippen LogP contribution in [0, 0.1) is 12.7 Å². The molecule has 0 aliphatic carbocycles. The highest BCUT2D eigenvalue weighted by Gasteiger charge is 2.34. The lowest BCUT2D eigenvalue weighted by Crippen LogP contribution is -2.43. The van der Waals surface area contributed by atoms with Crippen molar-refractivity contribution in [3.63, 3.8) is 0 Å². The van der Waals surface area contributed by atoms with Crippen molar-refractivity contribution >= 4 is 11.5 Å². The molecule has 2 aliphatic rings. The number of rotatable bonds is 2. The zero-order valence-electron chi connectivity index (χ0n) is 11.3. The van der Waals surface area contributed by atoms with Crippen LogP contribution < -0.4 is 4.90 Å². The average Bonchev–Trinajstić information content (AvgIpc) is 2.71. The minimum absolute atomic E-state index is 0.0901. The second-order valence-corrected chi connectivity index (χ2v) is 5.54. The third-order valence-electron chi connectivity index (χ3n) is 4.04. The zero-order valence-corrected chi connectivity index (χ0v) is 11.3. The van der Waals surface area contributed by atoms with Crippen molar-refractivity contribution < 1.29 is 13.9 Å². The van der Waals surface area contributed by atoms with Crippen LogP contribution in [0.25, 0.3) is 0 Å². The van der Waals surface area contributed by atoms with Crippen molar-refractivity contribution in [1.82, 2.24) is 0 Å². The van der Waals surface area contributed by atoms with E-state index in [4.69, 9.17) is 4.74 Å². The predicted molar refractivity (Wildman–Crippen MR) is 71.2 cm³/mol. The molecule has 4 heteroatoms. The van der Waals surface area contributed by atoms with Crippen LogP contribution in [0.5, 0.6) is 0 Å². The van der Waals surface area contributed by atoms with E-state index in [-0.39, 0.29) is 23.8 Å². The summed E-state index contributed by atoms with van der Waals surface area (Å²) in [6, 6.07) is 3.15. The van der Waals surface area contributed by atoms with Gasteiger partial charge in [0.2, 0.25) is 0 Å². The summed E-state index contributed by atoms with van der Waals surface area (Å²) in [5.41, 5.74) is 1.91. The third kappa shape index (κ3) is 2.25. The van der Waals surface area contributed by atoms with Gasteiger partial charge in [-0.2, -0.15) is 0 Å². The van der Waals surface area contributed by atoms with Crippen LogP contribution in [0.4, 0.5) is 10.1 Å². The van der Waals surface area contributed by atoms with Crippen molar-refractivity contribution in [2.24, 2.45) is 0 Å². The summed E-state index contributed by atoms with van der Waals surface area (Å²) in [5, 5.41) is 0. The van der Waals surface area contributed by atoms with E-state index in [1.165, 1.54) is 13.0 Å². The lowest BCUT2D eigenvalue weighted by molar-refractivity contribution is 0.0304. The molecule has 19 heavy (non-hydrogen) atoms. The highest BCUT2D eigenvalue weighted by Crippen LogP contribution is 2.32. The molecule has 102 valence electrons. The molecule has 0 saturated carbocycles. The number of carbonyl (C=O) groups excluding carboxylic acids is 1. The van der Waals surface area contributed by atoms with Crippen LogP contribution in [-0.2, 0) is 4.74 Å². The molecule has 0 spiro atoms. The third-order valence-corrected chi connectivity index (χ3v) is 4.04. The first-order valence-corrected chi connectivity index (χ1v) is 6.76. The standard InChI is InChI=1S/C15H18FNO2/c1-9-5-15(13(10(2)18)6-14(9)16)17-7-11-3-4-12(8-17)19-11/h5-6,11-12H,3-4,7-8H2,1-2H3. The first-order chi connectivity index (χ1) is 9.04. The van der Waals surface area contributed by atoms with Gasteiger partial charge in [0.05, 0.1) is 12.2 Å². The molecule has 2 aliphatic heterocycles. The summed E-state index contributed by atoms with van der Waals surface area (Å²) in [6.07, 6.45) is 2.67. The molecule has 0 radical (unpaired) electrons. The van der Waals surface area contributed by atoms with Crippen LogP contribution in [0.1, 0.15) is 35.7 Å². The Hall–Kier alpha value is -1.42. The van der Waals surface area contributed by atoms with Crippen molar-refractivity contribution in [2.45, 2.75) is 38.9 Å². The molecular weight excluding hydrogens is 245 g/mol. The van der Waals surface area contributed by atoms with E-state index in [1.54, 1.807) is 13.0 Å². The van der Waals surface area contributed by atoms with Gasteiger partial charge < -0.3 is 9.64 Å². The molecule has 0 aromatic heterocycles. The number of benzene rings is 1. The number of fused-ring (bicyclic) bond motifs is 2. The summed E-state index contributed by atoms with van der Waals surface area (Å²) >= 11 is 0. The second kappa shape index (κ2) is 4.60. The Kier molecular flexibility index (Phi) is 3.05. The first-order valence-electron chi connectivity index (χ1n) is 6.76. The van der Waals surface area contributed by atoms with E-state index >= 15 is 0 Å². The summed E-state index contributed by atoms with van der Waals surface area (Å²) in [4.78, 5) is 13.9. The van der Waals surface area contributed by atoms with Gasteiger partial charge in [-0.15, -0.1) is 0 Å². The van der Waals surface area contributed by atoms with Crippen LogP contribution in [0.2, 0.25) is 0 Å². The van der Waals surface area contributed by atoms with E-state index < -0.39 is 0 Å². The number of Topliss-reactive ketones (excluding diaryl/α,β-unsaturated/α-hetero) is 1. The molecule has 2 saturated heterocycles. The van der Waals surface area contributed by atoms with Crippen molar-refractivity contribution in [3.05, 3.63) is 29.1 Å². The minimum Gasteiger partial charge on any atom is -0.371 e. The Morgan fingerprint density at radius 1 is 1.32 bits per heavy atom. The Morgan fingerprint density at radius 2 is 1.95 bits per heavy atom. The number of halogens is 1. The lowest BCUT2D eigenvalue weighted by atomic mass is 10.0. The average molecular weight is 263 g/mol. The Balaban J connectivity index is 1.99. The van der Waals surface area contributed by atoms with Crippen molar-refractivity contribution in [1.29, 1.82) is 0 Å². The number of aryl methyl sites for hydroxylation is 1. The number of carbonyl (C=O) groups is 1. The van der Waals surface area contributed by atoms with E-state index in [0.29, 0.717) is 11.1 Å². The van der Waals surface area contributed by atoms with Crippen LogP contribution >= 0.6 is 0 Å². The molecule has 1 aromatic carbocycles. The van der Waals surface area contributed by atoms with Crippen molar-refractivity contribution in [3.8, 4) is 0 Å². The van der Waals surface area contributed by atoms with Gasteiger partial charge >= 0.3 is 0 Å². The molecule has 1 aromatic rings. The van der Waals surface area contributed by atoms with Crippen molar-refractivity contribution in [2.75, 3.05) is 18.0 Å². The molecular formula is C15H18FNO2. The molecule has 2 fully saturated rings. The Bertz CT molecular complexity index is 517. The highest BCUT2D eigenvalue weighted by atomic mass is 19.1. The fourth-order valence-electron chi connectivity index (χ4n) is 3.02. The maximum Gasteiger partial charge on any atom is 0.161 e. The molecule has 0 amide bonds. The highest BCUT2D eigenvalue weighted by molar-refractivity contribution is 6.00. The monoisotopic (exact) mass is 263 g/mol. The SMILES string of the molecule is CC(=O)c1cc(F)c(C)cc1N1CC2CCC(C1)O2. The summed E-state index contributed by atoms with van der Waals surface area (Å²) in [6.45, 7) is 4.81. The normalized spacial score (nSPS) is 25.7. The van der Waals surface area contributed by atoms with Gasteiger partial charge in [0.15, 0.2) is 5.78 Å². The topological polar surface area (TPSA) is 29.5 Å². The predicted octanol–water partition coefficient (Wildman–Crippen LogP) is 2.70. The maximum absolute atomic E-state index is 13.7. The molecule has 2 bridgehead atoms. The largest absolute Gasteiger partial charge is 0.371 e. The fraction of sp³-hybridized carbons (Fsp3) is 0.533. The summed E-state index contributed by atoms with van der Waals surface area (Å²) < 4.78 is 19.5. The zero-order chi connectivity index (χ0) is 13.6. The summed E-state index contributed by atoms with van der Waals surface area (Å²) in [7, 11) is 0.